The fourth-order valence-electron chi connectivity index (χ4n) is 3.49. The number of hydrogen-bond acceptors (Lipinski definition) is 6. The van der Waals surface area contributed by atoms with Gasteiger partial charge in [-0.2, -0.15) is 0 Å². The molecule has 3 amide bonds. The molecule has 2 aromatic carbocycles. The minimum absolute atomic E-state index is 0.123. The summed E-state index contributed by atoms with van der Waals surface area (Å²) < 4.78 is 5.57. The zero-order valence-electron chi connectivity index (χ0n) is 18.4. The normalized spacial score (nSPS) is 12.7. The van der Waals surface area contributed by atoms with Gasteiger partial charge in [0.25, 0.3) is 5.91 Å². The van der Waals surface area contributed by atoms with Gasteiger partial charge in [-0.25, -0.2) is 4.98 Å². The Balaban J connectivity index is 1.50. The Labute approximate surface area is 195 Å². The van der Waals surface area contributed by atoms with Crippen molar-refractivity contribution in [1.82, 2.24) is 4.98 Å². The van der Waals surface area contributed by atoms with Gasteiger partial charge in [0.1, 0.15) is 12.3 Å². The molecule has 1 aromatic heterocycles. The van der Waals surface area contributed by atoms with Crippen LogP contribution in [-0.2, 0) is 20.8 Å². The van der Waals surface area contributed by atoms with Gasteiger partial charge in [-0.3, -0.25) is 19.3 Å². The summed E-state index contributed by atoms with van der Waals surface area (Å²) in [6.07, 6.45) is 1.95. The number of thiazole rings is 1. The van der Waals surface area contributed by atoms with Crippen LogP contribution >= 0.6 is 11.3 Å². The van der Waals surface area contributed by atoms with Crippen LogP contribution in [0.4, 0.5) is 17.1 Å². The molecule has 0 saturated carbocycles. The Kier molecular flexibility index (Phi) is 6.69. The Bertz CT molecular complexity index is 1190. The lowest BCUT2D eigenvalue weighted by atomic mass is 10.1. The first-order chi connectivity index (χ1) is 15.9. The molecule has 9 heteroatoms. The number of rotatable bonds is 7. The summed E-state index contributed by atoms with van der Waals surface area (Å²) in [6.45, 7) is 3.27. The number of carbonyl (C=O) groups excluding carboxylic acids is 3. The lowest BCUT2D eigenvalue weighted by Crippen LogP contribution is -2.43. The van der Waals surface area contributed by atoms with Crippen molar-refractivity contribution in [3.63, 3.8) is 0 Å². The molecule has 2 heterocycles. The highest BCUT2D eigenvalue weighted by Gasteiger charge is 2.28. The quantitative estimate of drug-likeness (QED) is 0.549. The van der Waals surface area contributed by atoms with E-state index >= 15 is 0 Å². The van der Waals surface area contributed by atoms with Crippen LogP contribution in [-0.4, -0.2) is 35.9 Å². The van der Waals surface area contributed by atoms with Gasteiger partial charge < -0.3 is 15.4 Å². The molecule has 0 unspecified atom stereocenters. The van der Waals surface area contributed by atoms with E-state index in [4.69, 9.17) is 4.74 Å². The molecule has 1 aliphatic heterocycles. The molecule has 0 spiro atoms. The van der Waals surface area contributed by atoms with Gasteiger partial charge in [0.15, 0.2) is 6.61 Å². The number of benzene rings is 2. The van der Waals surface area contributed by atoms with Gasteiger partial charge in [-0.05, 0) is 55.3 Å². The zero-order chi connectivity index (χ0) is 23.4. The highest BCUT2D eigenvalue weighted by atomic mass is 32.1. The van der Waals surface area contributed by atoms with E-state index in [-0.39, 0.29) is 30.9 Å². The predicted octanol–water partition coefficient (Wildman–Crippen LogP) is 4.09. The van der Waals surface area contributed by atoms with Crippen LogP contribution in [0.2, 0.25) is 0 Å². The molecule has 2 N–H and O–H groups in total. The highest BCUT2D eigenvalue weighted by molar-refractivity contribution is 7.09. The number of amides is 3. The largest absolute Gasteiger partial charge is 0.482 e. The van der Waals surface area contributed by atoms with E-state index in [0.717, 1.165) is 29.1 Å². The topological polar surface area (TPSA) is 101 Å². The minimum Gasteiger partial charge on any atom is -0.482 e. The van der Waals surface area contributed by atoms with Crippen molar-refractivity contribution in [3.8, 4) is 17.0 Å². The van der Waals surface area contributed by atoms with Crippen LogP contribution in [0.5, 0.6) is 5.75 Å². The second kappa shape index (κ2) is 9.83. The van der Waals surface area contributed by atoms with Crippen molar-refractivity contribution in [2.24, 2.45) is 0 Å². The summed E-state index contributed by atoms with van der Waals surface area (Å²) in [5.41, 5.74) is 3.45. The molecule has 170 valence electrons. The number of ether oxygens (including phenoxy) is 1. The number of nitrogens with zero attached hydrogens (tertiary/aromatic N) is 2. The Hall–Kier alpha value is -3.72. The van der Waals surface area contributed by atoms with Crippen molar-refractivity contribution < 1.29 is 19.1 Å². The minimum atomic E-state index is -0.340. The van der Waals surface area contributed by atoms with E-state index in [9.17, 15) is 14.4 Å². The number of anilines is 3. The van der Waals surface area contributed by atoms with Gasteiger partial charge in [0.05, 0.1) is 16.4 Å². The van der Waals surface area contributed by atoms with Gasteiger partial charge in [0, 0.05) is 29.2 Å². The summed E-state index contributed by atoms with van der Waals surface area (Å²) in [5.74, 6) is -0.252. The lowest BCUT2D eigenvalue weighted by Gasteiger charge is -2.29. The molecule has 0 saturated heterocycles. The Morgan fingerprint density at radius 2 is 1.85 bits per heavy atom. The summed E-state index contributed by atoms with van der Waals surface area (Å²) >= 11 is 1.61. The molecular weight excluding hydrogens is 440 g/mol. The van der Waals surface area contributed by atoms with E-state index in [1.54, 1.807) is 35.6 Å². The molecule has 3 aromatic rings. The monoisotopic (exact) mass is 464 g/mol. The fraction of sp³-hybridized carbons (Fsp3) is 0.250. The summed E-state index contributed by atoms with van der Waals surface area (Å²) in [4.78, 5) is 42.5. The van der Waals surface area contributed by atoms with Crippen molar-refractivity contribution >= 4 is 46.1 Å². The van der Waals surface area contributed by atoms with E-state index < -0.39 is 0 Å². The van der Waals surface area contributed by atoms with Crippen LogP contribution in [0.25, 0.3) is 11.3 Å². The first-order valence-corrected chi connectivity index (χ1v) is 11.5. The first kappa shape index (κ1) is 22.5. The maximum absolute atomic E-state index is 12.7. The van der Waals surface area contributed by atoms with Crippen molar-refractivity contribution in [1.29, 1.82) is 0 Å². The van der Waals surface area contributed by atoms with E-state index in [1.165, 1.54) is 11.8 Å². The van der Waals surface area contributed by atoms with Gasteiger partial charge >= 0.3 is 0 Å². The molecule has 0 bridgehead atoms. The molecule has 0 radical (unpaired) electrons. The van der Waals surface area contributed by atoms with E-state index in [1.807, 2.05) is 23.6 Å². The van der Waals surface area contributed by atoms with Gasteiger partial charge in [0.2, 0.25) is 11.8 Å². The van der Waals surface area contributed by atoms with Crippen molar-refractivity contribution in [2.75, 3.05) is 28.7 Å². The van der Waals surface area contributed by atoms with Crippen LogP contribution in [0.15, 0.2) is 47.8 Å². The lowest BCUT2D eigenvalue weighted by molar-refractivity contribution is -0.123. The third kappa shape index (κ3) is 5.38. The third-order valence-electron chi connectivity index (χ3n) is 5.00. The number of aryl methyl sites for hydroxylation is 1. The molecule has 8 nitrogen and oxygen atoms in total. The Morgan fingerprint density at radius 1 is 1.12 bits per heavy atom. The molecular formula is C24H24N4O4S. The molecule has 1 aliphatic rings. The standard InChI is InChI=1S/C24H24N4O4S/c1-3-4-23-27-19(14-33-23)16-5-10-21-20(11-16)28(24(31)13-32-21)12-22(30)26-18-8-6-17(7-9-18)25-15(2)29/h5-11,14H,3-4,12-13H2,1-2H3,(H,25,29)(H,26,30). The number of fused-ring (bicyclic) bond motifs is 1. The predicted molar refractivity (Wildman–Crippen MR) is 129 cm³/mol. The smallest absolute Gasteiger partial charge is 0.265 e. The molecule has 4 rings (SSSR count). The zero-order valence-corrected chi connectivity index (χ0v) is 19.2. The van der Waals surface area contributed by atoms with Crippen LogP contribution in [0, 0.1) is 0 Å². The van der Waals surface area contributed by atoms with Crippen molar-refractivity contribution in [2.45, 2.75) is 26.7 Å². The SMILES string of the molecule is CCCc1nc(-c2ccc3c(c2)N(CC(=O)Nc2ccc(NC(C)=O)cc2)C(=O)CO3)cs1. The van der Waals surface area contributed by atoms with Crippen LogP contribution in [0.1, 0.15) is 25.3 Å². The highest BCUT2D eigenvalue weighted by Crippen LogP contribution is 2.36. The van der Waals surface area contributed by atoms with Gasteiger partial charge in [-0.15, -0.1) is 11.3 Å². The summed E-state index contributed by atoms with van der Waals surface area (Å²) in [7, 11) is 0. The van der Waals surface area contributed by atoms with Crippen molar-refractivity contribution in [3.05, 3.63) is 52.9 Å². The first-order valence-electron chi connectivity index (χ1n) is 10.6. The average Bonchev–Trinajstić information content (AvgIpc) is 3.25. The van der Waals surface area contributed by atoms with Crippen LogP contribution < -0.4 is 20.3 Å². The van der Waals surface area contributed by atoms with Crippen LogP contribution in [0.3, 0.4) is 0 Å². The number of aromatic nitrogens is 1. The molecule has 0 atom stereocenters. The average molecular weight is 465 g/mol. The number of nitrogens with one attached hydrogen (secondary N) is 2. The second-order valence-corrected chi connectivity index (χ2v) is 8.58. The molecule has 33 heavy (non-hydrogen) atoms. The molecule has 0 aliphatic carbocycles. The number of hydrogen-bond donors (Lipinski definition) is 2. The summed E-state index contributed by atoms with van der Waals surface area (Å²) in [6, 6.07) is 12.3. The second-order valence-electron chi connectivity index (χ2n) is 7.63. The van der Waals surface area contributed by atoms with E-state index in [0.29, 0.717) is 22.8 Å². The summed E-state index contributed by atoms with van der Waals surface area (Å²) in [5, 5.41) is 8.53. The van der Waals surface area contributed by atoms with E-state index in [2.05, 4.69) is 22.5 Å². The number of carbonyl (C=O) groups is 3. The fourth-order valence-corrected chi connectivity index (χ4v) is 4.40. The maximum atomic E-state index is 12.7. The van der Waals surface area contributed by atoms with Gasteiger partial charge in [-0.1, -0.05) is 6.92 Å². The Morgan fingerprint density at radius 3 is 2.55 bits per heavy atom. The maximum Gasteiger partial charge on any atom is 0.265 e. The third-order valence-corrected chi connectivity index (χ3v) is 5.91. The molecule has 0 fully saturated rings.